The molecule has 5 heteroatoms. The molecular formula is C19H21FN2O2. The summed E-state index contributed by atoms with van der Waals surface area (Å²) in [5, 5.41) is 9.07. The fourth-order valence-corrected chi connectivity index (χ4v) is 2.92. The number of carbonyl (C=O) groups is 1. The van der Waals surface area contributed by atoms with E-state index in [1.165, 1.54) is 17.7 Å². The van der Waals surface area contributed by atoms with E-state index >= 15 is 0 Å². The summed E-state index contributed by atoms with van der Waals surface area (Å²) in [7, 11) is 0. The van der Waals surface area contributed by atoms with Crippen LogP contribution >= 0.6 is 0 Å². The SMILES string of the molecule is O=C(c1cccc(F)c1)N1CCN(Cc2ccc(CO)cc2)CC1. The summed E-state index contributed by atoms with van der Waals surface area (Å²) >= 11 is 0. The van der Waals surface area contributed by atoms with Crippen LogP contribution in [0.5, 0.6) is 0 Å². The smallest absolute Gasteiger partial charge is 0.254 e. The highest BCUT2D eigenvalue weighted by Crippen LogP contribution is 2.13. The number of aliphatic hydroxyl groups excluding tert-OH is 1. The lowest BCUT2D eigenvalue weighted by atomic mass is 10.1. The van der Waals surface area contributed by atoms with Crippen LogP contribution in [0, 0.1) is 5.82 Å². The zero-order valence-corrected chi connectivity index (χ0v) is 13.5. The van der Waals surface area contributed by atoms with E-state index in [4.69, 9.17) is 5.11 Å². The molecule has 126 valence electrons. The van der Waals surface area contributed by atoms with Gasteiger partial charge >= 0.3 is 0 Å². The fraction of sp³-hybridized carbons (Fsp3) is 0.316. The number of nitrogens with zero attached hydrogens (tertiary/aromatic N) is 2. The predicted molar refractivity (Wildman–Crippen MR) is 89.9 cm³/mol. The van der Waals surface area contributed by atoms with Crippen molar-refractivity contribution >= 4 is 5.91 Å². The second-order valence-corrected chi connectivity index (χ2v) is 6.05. The van der Waals surface area contributed by atoms with Gasteiger partial charge in [0.25, 0.3) is 5.91 Å². The molecule has 0 unspecified atom stereocenters. The van der Waals surface area contributed by atoms with Crippen molar-refractivity contribution in [2.75, 3.05) is 26.2 Å². The fourth-order valence-electron chi connectivity index (χ4n) is 2.92. The molecule has 2 aromatic carbocycles. The summed E-state index contributed by atoms with van der Waals surface area (Å²) in [4.78, 5) is 16.5. The highest BCUT2D eigenvalue weighted by Gasteiger charge is 2.22. The number of hydrogen-bond acceptors (Lipinski definition) is 3. The van der Waals surface area contributed by atoms with Crippen LogP contribution < -0.4 is 0 Å². The van der Waals surface area contributed by atoms with Crippen molar-refractivity contribution in [3.05, 3.63) is 71.0 Å². The first-order valence-electron chi connectivity index (χ1n) is 8.11. The van der Waals surface area contributed by atoms with Crippen LogP contribution in [-0.4, -0.2) is 47.0 Å². The zero-order chi connectivity index (χ0) is 16.9. The standard InChI is InChI=1S/C19H21FN2O2/c20-18-3-1-2-17(12-18)19(24)22-10-8-21(9-11-22)13-15-4-6-16(14-23)7-5-15/h1-7,12,23H,8-11,13-14H2. The van der Waals surface area contributed by atoms with Gasteiger partial charge in [-0.05, 0) is 29.3 Å². The van der Waals surface area contributed by atoms with Crippen molar-refractivity contribution in [2.45, 2.75) is 13.2 Å². The Hall–Kier alpha value is -2.24. The lowest BCUT2D eigenvalue weighted by molar-refractivity contribution is 0.0628. The minimum Gasteiger partial charge on any atom is -0.392 e. The van der Waals surface area contributed by atoms with E-state index in [9.17, 15) is 9.18 Å². The average molecular weight is 328 g/mol. The number of rotatable bonds is 4. The maximum atomic E-state index is 13.3. The third-order valence-electron chi connectivity index (χ3n) is 4.34. The number of piperazine rings is 1. The van der Waals surface area contributed by atoms with Crippen LogP contribution in [0.3, 0.4) is 0 Å². The zero-order valence-electron chi connectivity index (χ0n) is 13.5. The average Bonchev–Trinajstić information content (AvgIpc) is 2.62. The molecular weight excluding hydrogens is 307 g/mol. The van der Waals surface area contributed by atoms with Gasteiger partial charge in [0.2, 0.25) is 0 Å². The molecule has 1 aliphatic rings. The highest BCUT2D eigenvalue weighted by molar-refractivity contribution is 5.94. The number of carbonyl (C=O) groups excluding carboxylic acids is 1. The normalized spacial score (nSPS) is 15.5. The number of aliphatic hydroxyl groups is 1. The first kappa shape index (κ1) is 16.6. The van der Waals surface area contributed by atoms with Gasteiger partial charge in [0.05, 0.1) is 6.61 Å². The third kappa shape index (κ3) is 3.99. The third-order valence-corrected chi connectivity index (χ3v) is 4.34. The molecule has 0 aromatic heterocycles. The first-order chi connectivity index (χ1) is 11.7. The highest BCUT2D eigenvalue weighted by atomic mass is 19.1. The van der Waals surface area contributed by atoms with Gasteiger partial charge in [0.1, 0.15) is 5.82 Å². The number of amides is 1. The van der Waals surface area contributed by atoms with E-state index in [1.54, 1.807) is 17.0 Å². The minimum absolute atomic E-state index is 0.0567. The van der Waals surface area contributed by atoms with Gasteiger partial charge in [0, 0.05) is 38.3 Å². The Labute approximate surface area is 141 Å². The Balaban J connectivity index is 1.54. The van der Waals surface area contributed by atoms with Crippen LogP contribution in [-0.2, 0) is 13.2 Å². The maximum Gasteiger partial charge on any atom is 0.254 e. The topological polar surface area (TPSA) is 43.8 Å². The molecule has 1 aliphatic heterocycles. The van der Waals surface area contributed by atoms with Gasteiger partial charge in [-0.15, -0.1) is 0 Å². The summed E-state index contributed by atoms with van der Waals surface area (Å²) in [6.07, 6.45) is 0. The molecule has 1 N–H and O–H groups in total. The summed E-state index contributed by atoms with van der Waals surface area (Å²) in [5.41, 5.74) is 2.50. The van der Waals surface area contributed by atoms with Crippen molar-refractivity contribution in [2.24, 2.45) is 0 Å². The first-order valence-corrected chi connectivity index (χ1v) is 8.11. The van der Waals surface area contributed by atoms with Gasteiger partial charge in [-0.1, -0.05) is 30.3 Å². The van der Waals surface area contributed by atoms with Gasteiger partial charge < -0.3 is 10.0 Å². The van der Waals surface area contributed by atoms with Crippen LogP contribution in [0.2, 0.25) is 0 Å². The van der Waals surface area contributed by atoms with Crippen molar-refractivity contribution in [1.82, 2.24) is 9.80 Å². The summed E-state index contributed by atoms with van der Waals surface area (Å²) in [6.45, 7) is 3.76. The van der Waals surface area contributed by atoms with E-state index < -0.39 is 0 Å². The predicted octanol–water partition coefficient (Wildman–Crippen LogP) is 2.28. The van der Waals surface area contributed by atoms with Crippen molar-refractivity contribution in [3.8, 4) is 0 Å². The van der Waals surface area contributed by atoms with Crippen LogP contribution in [0.4, 0.5) is 4.39 Å². The Bertz CT molecular complexity index is 695. The lowest BCUT2D eigenvalue weighted by Crippen LogP contribution is -2.48. The molecule has 0 saturated carbocycles. The van der Waals surface area contributed by atoms with Crippen LogP contribution in [0.1, 0.15) is 21.5 Å². The molecule has 2 aromatic rings. The Kier molecular flexibility index (Phi) is 5.23. The summed E-state index contributed by atoms with van der Waals surface area (Å²) in [5.74, 6) is -0.493. The molecule has 0 bridgehead atoms. The Morgan fingerprint density at radius 2 is 1.67 bits per heavy atom. The molecule has 3 rings (SSSR count). The van der Waals surface area contributed by atoms with Gasteiger partial charge in [-0.25, -0.2) is 4.39 Å². The number of halogens is 1. The maximum absolute atomic E-state index is 13.3. The molecule has 0 atom stereocenters. The van der Waals surface area contributed by atoms with Gasteiger partial charge in [0.15, 0.2) is 0 Å². The van der Waals surface area contributed by atoms with E-state index in [0.29, 0.717) is 18.7 Å². The van der Waals surface area contributed by atoms with Gasteiger partial charge in [-0.3, -0.25) is 9.69 Å². The molecule has 4 nitrogen and oxygen atoms in total. The monoisotopic (exact) mass is 328 g/mol. The second kappa shape index (κ2) is 7.55. The number of benzene rings is 2. The van der Waals surface area contributed by atoms with Crippen molar-refractivity contribution in [1.29, 1.82) is 0 Å². The molecule has 1 saturated heterocycles. The van der Waals surface area contributed by atoms with E-state index in [-0.39, 0.29) is 18.3 Å². The minimum atomic E-state index is -0.384. The van der Waals surface area contributed by atoms with E-state index in [0.717, 1.165) is 25.2 Å². The molecule has 0 aliphatic carbocycles. The molecule has 0 spiro atoms. The molecule has 1 amide bonds. The van der Waals surface area contributed by atoms with Gasteiger partial charge in [-0.2, -0.15) is 0 Å². The Morgan fingerprint density at radius 3 is 2.29 bits per heavy atom. The van der Waals surface area contributed by atoms with Crippen molar-refractivity contribution in [3.63, 3.8) is 0 Å². The molecule has 24 heavy (non-hydrogen) atoms. The van der Waals surface area contributed by atoms with Crippen LogP contribution in [0.25, 0.3) is 0 Å². The van der Waals surface area contributed by atoms with E-state index in [2.05, 4.69) is 4.90 Å². The molecule has 0 radical (unpaired) electrons. The lowest BCUT2D eigenvalue weighted by Gasteiger charge is -2.34. The largest absolute Gasteiger partial charge is 0.392 e. The van der Waals surface area contributed by atoms with E-state index in [1.807, 2.05) is 24.3 Å². The summed E-state index contributed by atoms with van der Waals surface area (Å²) in [6, 6.07) is 13.8. The van der Waals surface area contributed by atoms with Crippen molar-refractivity contribution < 1.29 is 14.3 Å². The molecule has 1 fully saturated rings. The number of hydrogen-bond donors (Lipinski definition) is 1. The quantitative estimate of drug-likeness (QED) is 0.936. The summed E-state index contributed by atoms with van der Waals surface area (Å²) < 4.78 is 13.3. The Morgan fingerprint density at radius 1 is 1.00 bits per heavy atom. The second-order valence-electron chi connectivity index (χ2n) is 6.05. The van der Waals surface area contributed by atoms with Crippen LogP contribution in [0.15, 0.2) is 48.5 Å². The molecule has 1 heterocycles.